The first kappa shape index (κ1) is 17.9. The van der Waals surface area contributed by atoms with Crippen molar-refractivity contribution in [3.63, 3.8) is 0 Å². The van der Waals surface area contributed by atoms with Crippen molar-refractivity contribution >= 4 is 34.8 Å². The molecule has 0 radical (unpaired) electrons. The number of rotatable bonds is 5. The second-order valence-electron chi connectivity index (χ2n) is 5.94. The maximum Gasteiger partial charge on any atom is 0.226 e. The van der Waals surface area contributed by atoms with Gasteiger partial charge in [-0.3, -0.25) is 4.79 Å². The summed E-state index contributed by atoms with van der Waals surface area (Å²) in [6.07, 6.45) is 4.72. The van der Waals surface area contributed by atoms with Crippen LogP contribution in [-0.4, -0.2) is 16.9 Å². The predicted molar refractivity (Wildman–Crippen MR) is 98.3 cm³/mol. The average Bonchev–Trinajstić information content (AvgIpc) is 3.12. The zero-order chi connectivity index (χ0) is 15.5. The summed E-state index contributed by atoms with van der Waals surface area (Å²) in [7, 11) is 0. The lowest BCUT2D eigenvalue weighted by molar-refractivity contribution is -0.116. The molecule has 6 heteroatoms. The molecule has 1 atom stereocenters. The topological polar surface area (TPSA) is 68.0 Å². The van der Waals surface area contributed by atoms with Crippen molar-refractivity contribution in [2.75, 3.05) is 5.32 Å². The van der Waals surface area contributed by atoms with E-state index in [1.807, 2.05) is 12.3 Å². The Labute approximate surface area is 146 Å². The molecule has 1 heterocycles. The fourth-order valence-corrected chi connectivity index (χ4v) is 3.47. The molecule has 124 valence electrons. The highest BCUT2D eigenvalue weighted by Gasteiger charge is 2.13. The van der Waals surface area contributed by atoms with Gasteiger partial charge in [-0.25, -0.2) is 4.98 Å². The van der Waals surface area contributed by atoms with Gasteiger partial charge in [0.05, 0.1) is 5.69 Å². The van der Waals surface area contributed by atoms with E-state index in [0.717, 1.165) is 17.7 Å². The molecule has 4 nitrogen and oxygen atoms in total. The van der Waals surface area contributed by atoms with Crippen molar-refractivity contribution in [1.82, 2.24) is 4.98 Å². The van der Waals surface area contributed by atoms with Crippen LogP contribution in [0.2, 0.25) is 0 Å². The van der Waals surface area contributed by atoms with Crippen LogP contribution in [0, 0.1) is 0 Å². The van der Waals surface area contributed by atoms with Gasteiger partial charge in [0.1, 0.15) is 0 Å². The van der Waals surface area contributed by atoms with Gasteiger partial charge in [0.25, 0.3) is 0 Å². The molecule has 1 amide bonds. The van der Waals surface area contributed by atoms with Gasteiger partial charge in [0, 0.05) is 23.4 Å². The minimum Gasteiger partial charge on any atom is -0.328 e. The van der Waals surface area contributed by atoms with Crippen molar-refractivity contribution in [1.29, 1.82) is 0 Å². The van der Waals surface area contributed by atoms with Crippen LogP contribution in [0.25, 0.3) is 11.3 Å². The van der Waals surface area contributed by atoms with E-state index in [4.69, 9.17) is 5.73 Å². The lowest BCUT2D eigenvalue weighted by atomic mass is 10.1. The molecule has 3 N–H and O–H groups in total. The first-order valence-electron chi connectivity index (χ1n) is 7.75. The van der Waals surface area contributed by atoms with E-state index in [9.17, 15) is 4.79 Å². The van der Waals surface area contributed by atoms with Crippen LogP contribution >= 0.6 is 23.7 Å². The average molecular weight is 352 g/mol. The van der Waals surface area contributed by atoms with Gasteiger partial charge in [-0.2, -0.15) is 0 Å². The monoisotopic (exact) mass is 351 g/mol. The minimum absolute atomic E-state index is 0. The van der Waals surface area contributed by atoms with Crippen LogP contribution in [0.3, 0.4) is 0 Å². The molecule has 0 saturated heterocycles. The fourth-order valence-electron chi connectivity index (χ4n) is 2.74. The molecular weight excluding hydrogens is 330 g/mol. The molecule has 0 aliphatic heterocycles. The summed E-state index contributed by atoms with van der Waals surface area (Å²) in [6.45, 7) is 1.91. The van der Waals surface area contributed by atoms with Gasteiger partial charge < -0.3 is 11.1 Å². The number of halogens is 1. The van der Waals surface area contributed by atoms with E-state index in [1.54, 1.807) is 0 Å². The van der Waals surface area contributed by atoms with Gasteiger partial charge >= 0.3 is 0 Å². The summed E-state index contributed by atoms with van der Waals surface area (Å²) < 4.78 is 0. The zero-order valence-corrected chi connectivity index (χ0v) is 14.8. The number of nitrogens with two attached hydrogens (primary N) is 1. The Morgan fingerprint density at radius 2 is 2.17 bits per heavy atom. The number of hydrogen-bond acceptors (Lipinski definition) is 4. The third-order valence-electron chi connectivity index (χ3n) is 3.97. The number of fused-ring (bicyclic) bond motifs is 1. The molecular formula is C17H22ClN3OS. The number of nitrogens with one attached hydrogen (secondary N) is 1. The van der Waals surface area contributed by atoms with Gasteiger partial charge in [-0.15, -0.1) is 23.7 Å². The van der Waals surface area contributed by atoms with Gasteiger partial charge in [-0.1, -0.05) is 12.1 Å². The SMILES string of the molecule is CC(N)CCC(=O)Nc1nc(-c2ccc3c(c2)CCC3)cs1.Cl. The van der Waals surface area contributed by atoms with Gasteiger partial charge in [-0.05, 0) is 49.8 Å². The molecule has 3 rings (SSSR count). The number of carbonyl (C=O) groups is 1. The molecule has 2 aromatic rings. The molecule has 1 aliphatic carbocycles. The minimum atomic E-state index is -0.0212. The number of amides is 1. The van der Waals surface area contributed by atoms with Crippen molar-refractivity contribution in [2.45, 2.75) is 45.1 Å². The van der Waals surface area contributed by atoms with Crippen molar-refractivity contribution in [2.24, 2.45) is 5.73 Å². The van der Waals surface area contributed by atoms with E-state index in [1.165, 1.54) is 35.3 Å². The molecule has 23 heavy (non-hydrogen) atoms. The molecule has 0 saturated carbocycles. The van der Waals surface area contributed by atoms with Crippen molar-refractivity contribution in [3.8, 4) is 11.3 Å². The van der Waals surface area contributed by atoms with E-state index < -0.39 is 0 Å². The molecule has 0 fully saturated rings. The molecule has 0 bridgehead atoms. The number of aromatic nitrogens is 1. The first-order valence-corrected chi connectivity index (χ1v) is 8.63. The van der Waals surface area contributed by atoms with E-state index >= 15 is 0 Å². The quantitative estimate of drug-likeness (QED) is 0.861. The van der Waals surface area contributed by atoms with Crippen LogP contribution in [0.5, 0.6) is 0 Å². The zero-order valence-electron chi connectivity index (χ0n) is 13.2. The number of hydrogen-bond donors (Lipinski definition) is 2. The lowest BCUT2D eigenvalue weighted by Crippen LogP contribution is -2.19. The fraction of sp³-hybridized carbons (Fsp3) is 0.412. The van der Waals surface area contributed by atoms with Gasteiger partial charge in [0.2, 0.25) is 5.91 Å². The van der Waals surface area contributed by atoms with E-state index in [2.05, 4.69) is 28.5 Å². The lowest BCUT2D eigenvalue weighted by Gasteiger charge is -2.04. The third kappa shape index (κ3) is 4.53. The van der Waals surface area contributed by atoms with Crippen LogP contribution in [0.4, 0.5) is 5.13 Å². The second kappa shape index (κ2) is 7.90. The molecule has 1 unspecified atom stereocenters. The highest BCUT2D eigenvalue weighted by atomic mass is 35.5. The Hall–Kier alpha value is -1.43. The van der Waals surface area contributed by atoms with Crippen molar-refractivity contribution in [3.05, 3.63) is 34.7 Å². The molecule has 0 spiro atoms. The summed E-state index contributed by atoms with van der Waals surface area (Å²) in [4.78, 5) is 16.3. The number of nitrogens with zero attached hydrogens (tertiary/aromatic N) is 1. The van der Waals surface area contributed by atoms with Crippen LogP contribution < -0.4 is 11.1 Å². The molecule has 1 aromatic carbocycles. The number of carbonyl (C=O) groups excluding carboxylic acids is 1. The Kier molecular flexibility index (Phi) is 6.16. The third-order valence-corrected chi connectivity index (χ3v) is 4.73. The highest BCUT2D eigenvalue weighted by Crippen LogP contribution is 2.30. The first-order chi connectivity index (χ1) is 10.6. The van der Waals surface area contributed by atoms with E-state index in [-0.39, 0.29) is 24.4 Å². The van der Waals surface area contributed by atoms with Crippen LogP contribution in [0.15, 0.2) is 23.6 Å². The van der Waals surface area contributed by atoms with Gasteiger partial charge in [0.15, 0.2) is 5.13 Å². The second-order valence-corrected chi connectivity index (χ2v) is 6.80. The maximum atomic E-state index is 11.8. The maximum absolute atomic E-state index is 11.8. The summed E-state index contributed by atoms with van der Waals surface area (Å²) in [5, 5.41) is 5.51. The Morgan fingerprint density at radius 3 is 2.96 bits per heavy atom. The number of aryl methyl sites for hydroxylation is 2. The van der Waals surface area contributed by atoms with Crippen LogP contribution in [-0.2, 0) is 17.6 Å². The highest BCUT2D eigenvalue weighted by molar-refractivity contribution is 7.14. The smallest absolute Gasteiger partial charge is 0.226 e. The summed E-state index contributed by atoms with van der Waals surface area (Å²) in [5.41, 5.74) is 10.6. The Balaban J connectivity index is 0.00000192. The number of benzene rings is 1. The molecule has 1 aromatic heterocycles. The number of thiazole rings is 1. The van der Waals surface area contributed by atoms with Crippen LogP contribution in [0.1, 0.15) is 37.3 Å². The summed E-state index contributed by atoms with van der Waals surface area (Å²) in [5.74, 6) is -0.0212. The Bertz CT molecular complexity index is 684. The largest absolute Gasteiger partial charge is 0.328 e. The molecule has 1 aliphatic rings. The predicted octanol–water partition coefficient (Wildman–Crippen LogP) is 3.79. The number of anilines is 1. The standard InChI is InChI=1S/C17H21N3OS.ClH/c1-11(18)5-8-16(21)20-17-19-15(10-22-17)14-7-6-12-3-2-4-13(12)9-14;/h6-7,9-11H,2-5,8,18H2,1H3,(H,19,20,21);1H. The van der Waals surface area contributed by atoms with Crippen molar-refractivity contribution < 1.29 is 4.79 Å². The Morgan fingerprint density at radius 1 is 1.39 bits per heavy atom. The van der Waals surface area contributed by atoms with E-state index in [0.29, 0.717) is 18.0 Å². The summed E-state index contributed by atoms with van der Waals surface area (Å²) >= 11 is 1.47. The normalized spacial score (nSPS) is 14.0. The summed E-state index contributed by atoms with van der Waals surface area (Å²) in [6, 6.07) is 6.61.